The van der Waals surface area contributed by atoms with Crippen LogP contribution in [-0.2, 0) is 16.6 Å². The fourth-order valence-electron chi connectivity index (χ4n) is 5.26. The van der Waals surface area contributed by atoms with Crippen molar-refractivity contribution in [2.45, 2.75) is 44.6 Å². The van der Waals surface area contributed by atoms with Gasteiger partial charge in [0.15, 0.2) is 0 Å². The van der Waals surface area contributed by atoms with Gasteiger partial charge in [0.2, 0.25) is 5.91 Å². The van der Waals surface area contributed by atoms with Crippen LogP contribution in [0.2, 0.25) is 0 Å². The van der Waals surface area contributed by atoms with E-state index in [2.05, 4.69) is 22.4 Å². The van der Waals surface area contributed by atoms with Crippen molar-refractivity contribution in [3.05, 3.63) is 81.3 Å². The SMILES string of the molecule is Cc1nc(C)c(C(=O)N2CC[C@]3(C(=O)Nc4ccccc43)[C@@H]2CCc2ccccc2)s1. The quantitative estimate of drug-likeness (QED) is 0.662. The summed E-state index contributed by atoms with van der Waals surface area (Å²) in [6.45, 7) is 4.38. The van der Waals surface area contributed by atoms with Gasteiger partial charge >= 0.3 is 0 Å². The van der Waals surface area contributed by atoms with Crippen LogP contribution in [0.1, 0.15) is 44.3 Å². The molecule has 0 bridgehead atoms. The Bertz CT molecular complexity index is 1160. The number of aromatic nitrogens is 1. The van der Waals surface area contributed by atoms with E-state index in [0.29, 0.717) is 17.8 Å². The van der Waals surface area contributed by atoms with Crippen molar-refractivity contribution in [3.8, 4) is 0 Å². The number of thiazole rings is 1. The fourth-order valence-corrected chi connectivity index (χ4v) is 6.13. The first-order chi connectivity index (χ1) is 15.0. The third-order valence-corrected chi connectivity index (χ3v) is 7.72. The molecule has 1 fully saturated rings. The third-order valence-electron chi connectivity index (χ3n) is 6.66. The van der Waals surface area contributed by atoms with E-state index in [1.54, 1.807) is 0 Å². The number of hydrogen-bond acceptors (Lipinski definition) is 4. The molecule has 3 aromatic rings. The largest absolute Gasteiger partial charge is 0.333 e. The highest BCUT2D eigenvalue weighted by Crippen LogP contribution is 2.49. The molecular weight excluding hydrogens is 406 g/mol. The van der Waals surface area contributed by atoms with Crippen LogP contribution in [-0.4, -0.2) is 34.3 Å². The van der Waals surface area contributed by atoms with Gasteiger partial charge in [0.25, 0.3) is 5.91 Å². The summed E-state index contributed by atoms with van der Waals surface area (Å²) in [4.78, 5) is 34.1. The number of nitrogens with one attached hydrogen (secondary N) is 1. The van der Waals surface area contributed by atoms with E-state index >= 15 is 0 Å². The molecule has 6 heteroatoms. The van der Waals surface area contributed by atoms with E-state index in [1.165, 1.54) is 16.9 Å². The summed E-state index contributed by atoms with van der Waals surface area (Å²) < 4.78 is 0. The molecule has 158 valence electrons. The second-order valence-electron chi connectivity index (χ2n) is 8.41. The number of carbonyl (C=O) groups is 2. The lowest BCUT2D eigenvalue weighted by Gasteiger charge is -2.34. The van der Waals surface area contributed by atoms with Crippen LogP contribution < -0.4 is 5.32 Å². The van der Waals surface area contributed by atoms with Crippen LogP contribution in [0.15, 0.2) is 54.6 Å². The molecule has 1 spiro atoms. The molecule has 2 amide bonds. The fraction of sp³-hybridized carbons (Fsp3) is 0.320. The maximum absolute atomic E-state index is 13.6. The molecule has 5 nitrogen and oxygen atoms in total. The molecule has 0 aliphatic carbocycles. The molecule has 0 radical (unpaired) electrons. The Morgan fingerprint density at radius 1 is 1.16 bits per heavy atom. The Morgan fingerprint density at radius 2 is 1.90 bits per heavy atom. The minimum absolute atomic E-state index is 0.00443. The Kier molecular flexibility index (Phi) is 4.89. The van der Waals surface area contributed by atoms with E-state index in [4.69, 9.17) is 0 Å². The summed E-state index contributed by atoms with van der Waals surface area (Å²) in [6.07, 6.45) is 2.18. The summed E-state index contributed by atoms with van der Waals surface area (Å²) in [5.74, 6) is 0.00878. The van der Waals surface area contributed by atoms with Crippen molar-refractivity contribution in [2.75, 3.05) is 11.9 Å². The van der Waals surface area contributed by atoms with Crippen molar-refractivity contribution >= 4 is 28.8 Å². The molecule has 3 heterocycles. The number of likely N-dealkylation sites (tertiary alicyclic amines) is 1. The number of hydrogen-bond donors (Lipinski definition) is 1. The molecule has 0 unspecified atom stereocenters. The number of amides is 2. The van der Waals surface area contributed by atoms with E-state index in [9.17, 15) is 9.59 Å². The van der Waals surface area contributed by atoms with Gasteiger partial charge in [-0.05, 0) is 50.3 Å². The summed E-state index contributed by atoms with van der Waals surface area (Å²) in [5.41, 5.74) is 3.18. The van der Waals surface area contributed by atoms with Gasteiger partial charge < -0.3 is 10.2 Å². The lowest BCUT2D eigenvalue weighted by Crippen LogP contribution is -2.49. The number of para-hydroxylation sites is 1. The summed E-state index contributed by atoms with van der Waals surface area (Å²) in [5, 5.41) is 3.97. The smallest absolute Gasteiger partial charge is 0.266 e. The first-order valence-electron chi connectivity index (χ1n) is 10.7. The van der Waals surface area contributed by atoms with Crippen LogP contribution in [0.4, 0.5) is 5.69 Å². The van der Waals surface area contributed by atoms with Crippen LogP contribution in [0, 0.1) is 13.8 Å². The van der Waals surface area contributed by atoms with Crippen LogP contribution in [0.3, 0.4) is 0 Å². The Hall–Kier alpha value is -2.99. The predicted octanol–water partition coefficient (Wildman–Crippen LogP) is 4.50. The first kappa shape index (κ1) is 19.9. The Balaban J connectivity index is 1.55. The lowest BCUT2D eigenvalue weighted by atomic mass is 9.73. The average Bonchev–Trinajstić information content (AvgIpc) is 3.41. The molecule has 31 heavy (non-hydrogen) atoms. The second kappa shape index (κ2) is 7.61. The molecule has 1 saturated heterocycles. The second-order valence-corrected chi connectivity index (χ2v) is 9.61. The maximum Gasteiger partial charge on any atom is 0.266 e. The molecule has 5 rings (SSSR count). The molecule has 1 N–H and O–H groups in total. The molecule has 2 atom stereocenters. The Labute approximate surface area is 186 Å². The van der Waals surface area contributed by atoms with E-state index in [1.807, 2.05) is 61.2 Å². The van der Waals surface area contributed by atoms with Gasteiger partial charge in [-0.15, -0.1) is 11.3 Å². The highest BCUT2D eigenvalue weighted by Gasteiger charge is 2.58. The maximum atomic E-state index is 13.6. The number of benzene rings is 2. The van der Waals surface area contributed by atoms with Gasteiger partial charge in [0.1, 0.15) is 4.88 Å². The van der Waals surface area contributed by atoms with Gasteiger partial charge in [-0.25, -0.2) is 4.98 Å². The van der Waals surface area contributed by atoms with Gasteiger partial charge in [-0.1, -0.05) is 48.5 Å². The summed E-state index contributed by atoms with van der Waals surface area (Å²) in [7, 11) is 0. The number of aryl methyl sites for hydroxylation is 3. The number of carbonyl (C=O) groups excluding carboxylic acids is 2. The summed E-state index contributed by atoms with van der Waals surface area (Å²) in [6, 6.07) is 18.0. The molecule has 0 saturated carbocycles. The zero-order valence-corrected chi connectivity index (χ0v) is 18.5. The monoisotopic (exact) mass is 431 g/mol. The zero-order chi connectivity index (χ0) is 21.6. The van der Waals surface area contributed by atoms with Crippen LogP contribution in [0.25, 0.3) is 0 Å². The van der Waals surface area contributed by atoms with E-state index in [0.717, 1.165) is 34.8 Å². The molecule has 2 aliphatic heterocycles. The standard InChI is InChI=1S/C25H25N3O2S/c1-16-22(31-17(2)26-16)23(29)28-15-14-25(19-10-6-7-11-20(19)27-24(25)30)21(28)13-12-18-8-4-3-5-9-18/h3-11,21H,12-15H2,1-2H3,(H,27,30)/t21-,25+/m0/s1. The number of anilines is 1. The van der Waals surface area contributed by atoms with Crippen molar-refractivity contribution in [2.24, 2.45) is 0 Å². The normalized spacial score (nSPS) is 22.1. The van der Waals surface area contributed by atoms with Crippen LogP contribution in [0.5, 0.6) is 0 Å². The zero-order valence-electron chi connectivity index (χ0n) is 17.7. The molecular formula is C25H25N3O2S. The highest BCUT2D eigenvalue weighted by atomic mass is 32.1. The lowest BCUT2D eigenvalue weighted by molar-refractivity contribution is -0.121. The van der Waals surface area contributed by atoms with E-state index in [-0.39, 0.29) is 17.9 Å². The van der Waals surface area contributed by atoms with E-state index < -0.39 is 5.41 Å². The first-order valence-corrected chi connectivity index (χ1v) is 11.5. The van der Waals surface area contributed by atoms with Gasteiger partial charge in [-0.2, -0.15) is 0 Å². The van der Waals surface area contributed by atoms with Gasteiger partial charge in [-0.3, -0.25) is 9.59 Å². The topological polar surface area (TPSA) is 62.3 Å². The number of nitrogens with zero attached hydrogens (tertiary/aromatic N) is 2. The predicted molar refractivity (Wildman–Crippen MR) is 123 cm³/mol. The number of rotatable bonds is 4. The van der Waals surface area contributed by atoms with Gasteiger partial charge in [0.05, 0.1) is 22.2 Å². The van der Waals surface area contributed by atoms with Crippen molar-refractivity contribution in [3.63, 3.8) is 0 Å². The van der Waals surface area contributed by atoms with Crippen molar-refractivity contribution < 1.29 is 9.59 Å². The minimum atomic E-state index is -0.700. The van der Waals surface area contributed by atoms with Crippen molar-refractivity contribution in [1.29, 1.82) is 0 Å². The average molecular weight is 432 g/mol. The Morgan fingerprint density at radius 3 is 2.65 bits per heavy atom. The highest BCUT2D eigenvalue weighted by molar-refractivity contribution is 7.13. The van der Waals surface area contributed by atoms with Crippen LogP contribution >= 0.6 is 11.3 Å². The minimum Gasteiger partial charge on any atom is -0.333 e. The molecule has 2 aliphatic rings. The van der Waals surface area contributed by atoms with Crippen molar-refractivity contribution in [1.82, 2.24) is 9.88 Å². The number of fused-ring (bicyclic) bond motifs is 2. The third kappa shape index (κ3) is 3.17. The van der Waals surface area contributed by atoms with Gasteiger partial charge in [0, 0.05) is 12.2 Å². The molecule has 1 aromatic heterocycles. The summed E-state index contributed by atoms with van der Waals surface area (Å²) >= 11 is 1.44. The molecule has 2 aromatic carbocycles.